The minimum absolute atomic E-state index is 0.0395. The number of carboxylic acid groups (broad SMARTS) is 1. The van der Waals surface area contributed by atoms with Crippen LogP contribution in [-0.2, 0) is 11.3 Å². The molecule has 2 N–H and O–H groups in total. The van der Waals surface area contributed by atoms with Crippen LogP contribution in [0.15, 0.2) is 51.9 Å². The van der Waals surface area contributed by atoms with Crippen LogP contribution in [0.3, 0.4) is 0 Å². The van der Waals surface area contributed by atoms with Crippen LogP contribution in [0.25, 0.3) is 10.9 Å². The van der Waals surface area contributed by atoms with E-state index in [9.17, 15) is 14.7 Å². The average molecular weight is 442 g/mol. The smallest absolute Gasteiger partial charge is 0.325 e. The number of H-pyrrole nitrogens is 1. The highest BCUT2D eigenvalue weighted by Crippen LogP contribution is 2.39. The molecule has 6 nitrogen and oxygen atoms in total. The fraction of sp³-hybridized carbons (Fsp3) is 0.333. The van der Waals surface area contributed by atoms with Crippen molar-refractivity contribution in [2.24, 2.45) is 5.92 Å². The average Bonchev–Trinajstić information content (AvgIpc) is 3.05. The van der Waals surface area contributed by atoms with Crippen molar-refractivity contribution in [1.82, 2.24) is 14.5 Å². The zero-order valence-corrected chi connectivity index (χ0v) is 16.7. The van der Waals surface area contributed by atoms with Crippen LogP contribution in [-0.4, -0.2) is 38.6 Å². The van der Waals surface area contributed by atoms with E-state index in [1.165, 1.54) is 0 Å². The van der Waals surface area contributed by atoms with E-state index in [1.807, 2.05) is 35.0 Å². The number of piperidine rings is 1. The van der Waals surface area contributed by atoms with Crippen LogP contribution < -0.4 is 5.56 Å². The highest BCUT2D eigenvalue weighted by molar-refractivity contribution is 9.10. The van der Waals surface area contributed by atoms with Gasteiger partial charge in [0, 0.05) is 64.4 Å². The summed E-state index contributed by atoms with van der Waals surface area (Å²) in [4.78, 5) is 29.8. The van der Waals surface area contributed by atoms with Gasteiger partial charge in [0.05, 0.1) is 0 Å². The van der Waals surface area contributed by atoms with Gasteiger partial charge in [-0.05, 0) is 30.5 Å². The minimum atomic E-state index is -0.839. The molecule has 2 aliphatic heterocycles. The maximum absolute atomic E-state index is 12.3. The second kappa shape index (κ2) is 6.60. The van der Waals surface area contributed by atoms with Crippen molar-refractivity contribution >= 4 is 32.8 Å². The molecular weight excluding hydrogens is 422 g/mol. The number of rotatable bonds is 3. The Balaban J connectivity index is 1.54. The number of carbonyl (C=O) groups is 1. The molecule has 0 amide bonds. The molecule has 2 bridgehead atoms. The first-order valence-electron chi connectivity index (χ1n) is 9.44. The summed E-state index contributed by atoms with van der Waals surface area (Å²) in [5.41, 5.74) is 2.78. The third kappa shape index (κ3) is 2.81. The largest absolute Gasteiger partial charge is 0.480 e. The monoisotopic (exact) mass is 441 g/mol. The predicted molar refractivity (Wildman–Crippen MR) is 109 cm³/mol. The maximum atomic E-state index is 12.3. The summed E-state index contributed by atoms with van der Waals surface area (Å²) in [7, 11) is 0. The molecule has 7 heteroatoms. The predicted octanol–water partition coefficient (Wildman–Crippen LogP) is 3.34. The van der Waals surface area contributed by atoms with Crippen molar-refractivity contribution < 1.29 is 9.90 Å². The zero-order chi connectivity index (χ0) is 19.4. The molecular formula is C21H20BrN3O3. The Morgan fingerprint density at radius 1 is 1.21 bits per heavy atom. The first kappa shape index (κ1) is 17.7. The lowest BCUT2D eigenvalue weighted by molar-refractivity contribution is -0.144. The van der Waals surface area contributed by atoms with E-state index in [0.29, 0.717) is 19.6 Å². The lowest BCUT2D eigenvalue weighted by atomic mass is 9.82. The number of nitrogens with zero attached hydrogens (tertiary/aromatic N) is 2. The van der Waals surface area contributed by atoms with Crippen LogP contribution in [0.1, 0.15) is 29.6 Å². The quantitative estimate of drug-likeness (QED) is 0.653. The number of pyridine rings is 1. The topological polar surface area (TPSA) is 78.3 Å². The molecule has 0 aliphatic carbocycles. The molecule has 5 rings (SSSR count). The molecule has 0 spiro atoms. The first-order chi connectivity index (χ1) is 13.5. The molecule has 4 heterocycles. The van der Waals surface area contributed by atoms with Gasteiger partial charge in [-0.3, -0.25) is 14.5 Å². The van der Waals surface area contributed by atoms with Gasteiger partial charge in [-0.2, -0.15) is 0 Å². The Labute approximate surface area is 169 Å². The molecule has 0 unspecified atom stereocenters. The number of aromatic amines is 1. The normalized spacial score (nSPS) is 22.8. The van der Waals surface area contributed by atoms with E-state index in [4.69, 9.17) is 0 Å². The van der Waals surface area contributed by atoms with E-state index in [2.05, 4.69) is 25.8 Å². The zero-order valence-electron chi connectivity index (χ0n) is 15.1. The van der Waals surface area contributed by atoms with Crippen LogP contribution in [0.4, 0.5) is 0 Å². The van der Waals surface area contributed by atoms with E-state index < -0.39 is 12.0 Å². The Kier molecular flexibility index (Phi) is 4.17. The van der Waals surface area contributed by atoms with Crippen LogP contribution >= 0.6 is 15.9 Å². The van der Waals surface area contributed by atoms with Crippen molar-refractivity contribution in [2.45, 2.75) is 24.9 Å². The highest BCUT2D eigenvalue weighted by atomic mass is 79.9. The minimum Gasteiger partial charge on any atom is -0.480 e. The molecule has 28 heavy (non-hydrogen) atoms. The second-order valence-electron chi connectivity index (χ2n) is 7.83. The fourth-order valence-corrected chi connectivity index (χ4v) is 5.34. The Bertz CT molecular complexity index is 1140. The van der Waals surface area contributed by atoms with Gasteiger partial charge in [0.2, 0.25) is 0 Å². The number of carboxylic acids is 1. The van der Waals surface area contributed by atoms with Crippen LogP contribution in [0, 0.1) is 5.92 Å². The Morgan fingerprint density at radius 2 is 2.07 bits per heavy atom. The first-order valence-corrected chi connectivity index (χ1v) is 10.2. The third-order valence-electron chi connectivity index (χ3n) is 6.08. The molecule has 1 aromatic carbocycles. The Morgan fingerprint density at radius 3 is 2.89 bits per heavy atom. The van der Waals surface area contributed by atoms with Gasteiger partial charge in [0.15, 0.2) is 0 Å². The number of hydrogen-bond acceptors (Lipinski definition) is 3. The molecule has 3 atom stereocenters. The summed E-state index contributed by atoms with van der Waals surface area (Å²) in [6.45, 7) is 1.98. The number of likely N-dealkylation sites (tertiary alicyclic amines) is 1. The van der Waals surface area contributed by atoms with E-state index >= 15 is 0 Å². The number of aliphatic carboxylic acids is 1. The molecule has 1 fully saturated rings. The summed E-state index contributed by atoms with van der Waals surface area (Å²) in [5, 5.41) is 11.0. The molecule has 0 saturated carbocycles. The summed E-state index contributed by atoms with van der Waals surface area (Å²) in [5.74, 6) is -0.371. The highest BCUT2D eigenvalue weighted by Gasteiger charge is 2.40. The molecule has 0 radical (unpaired) electrons. The number of nitrogens with one attached hydrogen (secondary N) is 1. The number of aromatic nitrogens is 2. The summed E-state index contributed by atoms with van der Waals surface area (Å²) in [6, 6.07) is 10.6. The van der Waals surface area contributed by atoms with Gasteiger partial charge in [-0.25, -0.2) is 0 Å². The standard InChI is InChI=1S/C21H20BrN3O3/c22-14-4-5-15-16(8-23-17(15)7-14)20(21(27)28)24-9-12-6-13(11-24)18-2-1-3-19(26)25(18)10-12/h1-5,7-8,12-13,20,23H,6,9-11H2,(H,27,28)/t12-,13-,20-/m1/s1. The van der Waals surface area contributed by atoms with E-state index in [-0.39, 0.29) is 17.4 Å². The van der Waals surface area contributed by atoms with Crippen molar-refractivity contribution in [2.75, 3.05) is 13.1 Å². The summed E-state index contributed by atoms with van der Waals surface area (Å²) in [6.07, 6.45) is 2.83. The van der Waals surface area contributed by atoms with E-state index in [0.717, 1.165) is 33.1 Å². The van der Waals surface area contributed by atoms with Crippen molar-refractivity contribution in [3.05, 3.63) is 68.7 Å². The van der Waals surface area contributed by atoms with Crippen molar-refractivity contribution in [3.8, 4) is 0 Å². The van der Waals surface area contributed by atoms with Gasteiger partial charge in [0.25, 0.3) is 5.56 Å². The Hall–Kier alpha value is -2.38. The van der Waals surface area contributed by atoms with Crippen molar-refractivity contribution in [3.63, 3.8) is 0 Å². The number of halogens is 1. The molecule has 2 aliphatic rings. The fourth-order valence-electron chi connectivity index (χ4n) is 4.98. The van der Waals surface area contributed by atoms with Crippen LogP contribution in [0.2, 0.25) is 0 Å². The summed E-state index contributed by atoms with van der Waals surface area (Å²) >= 11 is 3.46. The molecule has 1 saturated heterocycles. The number of fused-ring (bicyclic) bond motifs is 5. The third-order valence-corrected chi connectivity index (χ3v) is 6.57. The van der Waals surface area contributed by atoms with Gasteiger partial charge >= 0.3 is 5.97 Å². The lowest BCUT2D eigenvalue weighted by Crippen LogP contribution is -2.49. The van der Waals surface area contributed by atoms with Gasteiger partial charge in [0.1, 0.15) is 6.04 Å². The van der Waals surface area contributed by atoms with Gasteiger partial charge in [-0.15, -0.1) is 0 Å². The van der Waals surface area contributed by atoms with Crippen LogP contribution in [0.5, 0.6) is 0 Å². The molecule has 2 aromatic heterocycles. The summed E-state index contributed by atoms with van der Waals surface area (Å²) < 4.78 is 2.82. The van der Waals surface area contributed by atoms with Gasteiger partial charge in [-0.1, -0.05) is 28.1 Å². The van der Waals surface area contributed by atoms with Gasteiger partial charge < -0.3 is 14.7 Å². The number of hydrogen-bond donors (Lipinski definition) is 2. The molecule has 3 aromatic rings. The number of benzene rings is 1. The molecule has 144 valence electrons. The lowest BCUT2D eigenvalue weighted by Gasteiger charge is -2.44. The second-order valence-corrected chi connectivity index (χ2v) is 8.74. The SMILES string of the molecule is O=C(O)[C@@H](c1c[nH]c2cc(Br)ccc12)N1C[C@H]2C[C@H](C1)c1cccc(=O)n1C2. The maximum Gasteiger partial charge on any atom is 0.325 e. The van der Waals surface area contributed by atoms with E-state index in [1.54, 1.807) is 12.1 Å². The van der Waals surface area contributed by atoms with Crippen molar-refractivity contribution in [1.29, 1.82) is 0 Å².